The van der Waals surface area contributed by atoms with Crippen molar-refractivity contribution in [3.8, 4) is 5.75 Å². The minimum absolute atomic E-state index is 0.229. The van der Waals surface area contributed by atoms with Crippen LogP contribution in [0.4, 0.5) is 8.78 Å². The van der Waals surface area contributed by atoms with E-state index in [0.717, 1.165) is 19.3 Å². The SMILES string of the molecule is CC(C)NCc1cc(F)c(OC2C=CCCC2)c(F)c1. The molecule has 0 amide bonds. The van der Waals surface area contributed by atoms with E-state index < -0.39 is 11.6 Å². The lowest BCUT2D eigenvalue weighted by atomic mass is 10.1. The number of hydrogen-bond donors (Lipinski definition) is 1. The van der Waals surface area contributed by atoms with Crippen molar-refractivity contribution in [2.45, 2.75) is 51.8 Å². The summed E-state index contributed by atoms with van der Waals surface area (Å²) in [5, 5.41) is 3.13. The van der Waals surface area contributed by atoms with Gasteiger partial charge in [0.2, 0.25) is 0 Å². The van der Waals surface area contributed by atoms with Crippen LogP contribution in [0.3, 0.4) is 0 Å². The van der Waals surface area contributed by atoms with Crippen LogP contribution in [0.1, 0.15) is 38.7 Å². The van der Waals surface area contributed by atoms with Crippen molar-refractivity contribution in [1.82, 2.24) is 5.32 Å². The van der Waals surface area contributed by atoms with E-state index in [-0.39, 0.29) is 17.9 Å². The molecule has 1 aliphatic rings. The minimum Gasteiger partial charge on any atom is -0.480 e. The maximum absolute atomic E-state index is 14.0. The molecule has 0 aromatic heterocycles. The monoisotopic (exact) mass is 281 g/mol. The summed E-state index contributed by atoms with van der Waals surface area (Å²) in [6.45, 7) is 4.41. The van der Waals surface area contributed by atoms with E-state index in [2.05, 4.69) is 5.32 Å². The van der Waals surface area contributed by atoms with Crippen LogP contribution < -0.4 is 10.1 Å². The summed E-state index contributed by atoms with van der Waals surface area (Å²) in [5.74, 6) is -1.54. The van der Waals surface area contributed by atoms with Gasteiger partial charge in [0.15, 0.2) is 17.4 Å². The minimum atomic E-state index is -0.635. The van der Waals surface area contributed by atoms with E-state index in [1.807, 2.05) is 26.0 Å². The summed E-state index contributed by atoms with van der Waals surface area (Å²) in [5.41, 5.74) is 0.584. The molecule has 0 radical (unpaired) electrons. The van der Waals surface area contributed by atoms with Crippen LogP contribution in [0, 0.1) is 11.6 Å². The molecule has 1 N–H and O–H groups in total. The summed E-state index contributed by atoms with van der Waals surface area (Å²) in [7, 11) is 0. The Labute approximate surface area is 118 Å². The third-order valence-corrected chi connectivity index (χ3v) is 3.25. The van der Waals surface area contributed by atoms with E-state index in [1.54, 1.807) is 0 Å². The van der Waals surface area contributed by atoms with Crippen molar-refractivity contribution in [3.05, 3.63) is 41.5 Å². The van der Waals surface area contributed by atoms with Gasteiger partial charge in [-0.3, -0.25) is 0 Å². The Hall–Kier alpha value is -1.42. The Morgan fingerprint density at radius 2 is 2.00 bits per heavy atom. The molecular weight excluding hydrogens is 260 g/mol. The molecule has 1 aromatic rings. The first-order valence-corrected chi connectivity index (χ1v) is 7.11. The van der Waals surface area contributed by atoms with Crippen molar-refractivity contribution in [3.63, 3.8) is 0 Å². The molecule has 1 unspecified atom stereocenters. The van der Waals surface area contributed by atoms with Crippen LogP contribution in [0.25, 0.3) is 0 Å². The number of benzene rings is 1. The van der Waals surface area contributed by atoms with Crippen LogP contribution in [0.15, 0.2) is 24.3 Å². The number of rotatable bonds is 5. The van der Waals surface area contributed by atoms with Crippen molar-refractivity contribution in [2.75, 3.05) is 0 Å². The largest absolute Gasteiger partial charge is 0.480 e. The third-order valence-electron chi connectivity index (χ3n) is 3.25. The second kappa shape index (κ2) is 6.84. The molecule has 1 aliphatic carbocycles. The van der Waals surface area contributed by atoms with Gasteiger partial charge < -0.3 is 10.1 Å². The molecule has 0 aliphatic heterocycles. The van der Waals surface area contributed by atoms with Crippen LogP contribution >= 0.6 is 0 Å². The fourth-order valence-electron chi connectivity index (χ4n) is 2.18. The topological polar surface area (TPSA) is 21.3 Å². The Balaban J connectivity index is 2.09. The zero-order valence-electron chi connectivity index (χ0n) is 12.0. The summed E-state index contributed by atoms with van der Waals surface area (Å²) < 4.78 is 33.4. The van der Waals surface area contributed by atoms with Crippen molar-refractivity contribution < 1.29 is 13.5 Å². The summed E-state index contributed by atoms with van der Waals surface area (Å²) in [6.07, 6.45) is 6.42. The van der Waals surface area contributed by atoms with Crippen LogP contribution in [0.2, 0.25) is 0 Å². The number of nitrogens with one attached hydrogen (secondary N) is 1. The van der Waals surface area contributed by atoms with Crippen molar-refractivity contribution in [1.29, 1.82) is 0 Å². The van der Waals surface area contributed by atoms with Gasteiger partial charge in [-0.25, -0.2) is 8.78 Å². The molecule has 0 fully saturated rings. The zero-order chi connectivity index (χ0) is 14.5. The Bertz CT molecular complexity index is 462. The van der Waals surface area contributed by atoms with Gasteiger partial charge >= 0.3 is 0 Å². The van der Waals surface area contributed by atoms with Crippen molar-refractivity contribution >= 4 is 0 Å². The van der Waals surface area contributed by atoms with E-state index in [4.69, 9.17) is 4.74 Å². The molecule has 0 saturated heterocycles. The highest BCUT2D eigenvalue weighted by Gasteiger charge is 2.17. The number of allylic oxidation sites excluding steroid dienone is 1. The summed E-state index contributed by atoms with van der Waals surface area (Å²) >= 11 is 0. The van der Waals surface area contributed by atoms with Gasteiger partial charge in [-0.1, -0.05) is 19.9 Å². The first-order chi connectivity index (χ1) is 9.56. The van der Waals surface area contributed by atoms with Gasteiger partial charge in [-0.2, -0.15) is 0 Å². The van der Waals surface area contributed by atoms with E-state index >= 15 is 0 Å². The lowest BCUT2D eigenvalue weighted by Gasteiger charge is -2.19. The maximum atomic E-state index is 14.0. The molecule has 1 atom stereocenters. The number of ether oxygens (including phenoxy) is 1. The van der Waals surface area contributed by atoms with Gasteiger partial charge in [0.25, 0.3) is 0 Å². The molecule has 20 heavy (non-hydrogen) atoms. The third kappa shape index (κ3) is 4.04. The Morgan fingerprint density at radius 1 is 1.30 bits per heavy atom. The average Bonchev–Trinajstić information content (AvgIpc) is 2.42. The Kier molecular flexibility index (Phi) is 5.12. The molecule has 0 bridgehead atoms. The molecule has 1 aromatic carbocycles. The van der Waals surface area contributed by atoms with Crippen molar-refractivity contribution in [2.24, 2.45) is 0 Å². The Morgan fingerprint density at radius 3 is 2.55 bits per heavy atom. The van der Waals surface area contributed by atoms with Gasteiger partial charge in [0.05, 0.1) is 0 Å². The molecule has 0 heterocycles. The van der Waals surface area contributed by atoms with E-state index in [9.17, 15) is 8.78 Å². The molecule has 110 valence electrons. The number of halogens is 2. The fourth-order valence-corrected chi connectivity index (χ4v) is 2.18. The summed E-state index contributed by atoms with van der Waals surface area (Å²) in [4.78, 5) is 0. The van der Waals surface area contributed by atoms with Crippen LogP contribution in [-0.4, -0.2) is 12.1 Å². The maximum Gasteiger partial charge on any atom is 0.191 e. The predicted molar refractivity (Wildman–Crippen MR) is 75.7 cm³/mol. The van der Waals surface area contributed by atoms with Gasteiger partial charge in [-0.15, -0.1) is 0 Å². The quantitative estimate of drug-likeness (QED) is 0.825. The molecular formula is C16H21F2NO. The van der Waals surface area contributed by atoms with Gasteiger partial charge in [-0.05, 0) is 43.0 Å². The standard InChI is InChI=1S/C16H21F2NO/c1-11(2)19-10-12-8-14(17)16(15(18)9-12)20-13-6-4-3-5-7-13/h4,6,8-9,11,13,19H,3,5,7,10H2,1-2H3. The highest BCUT2D eigenvalue weighted by molar-refractivity contribution is 5.32. The molecule has 2 nitrogen and oxygen atoms in total. The fraction of sp³-hybridized carbons (Fsp3) is 0.500. The second-order valence-corrected chi connectivity index (χ2v) is 5.44. The van der Waals surface area contributed by atoms with E-state index in [1.165, 1.54) is 12.1 Å². The number of hydrogen-bond acceptors (Lipinski definition) is 2. The average molecular weight is 281 g/mol. The van der Waals surface area contributed by atoms with Crippen LogP contribution in [0.5, 0.6) is 5.75 Å². The highest BCUT2D eigenvalue weighted by atomic mass is 19.1. The normalized spacial score (nSPS) is 18.6. The lowest BCUT2D eigenvalue weighted by Crippen LogP contribution is -2.22. The smallest absolute Gasteiger partial charge is 0.191 e. The first-order valence-electron chi connectivity index (χ1n) is 7.11. The second-order valence-electron chi connectivity index (χ2n) is 5.44. The van der Waals surface area contributed by atoms with Gasteiger partial charge in [0.1, 0.15) is 6.10 Å². The highest BCUT2D eigenvalue weighted by Crippen LogP contribution is 2.26. The summed E-state index contributed by atoms with van der Waals surface area (Å²) in [6, 6.07) is 2.94. The predicted octanol–water partition coefficient (Wildman–Crippen LogP) is 3.95. The lowest BCUT2D eigenvalue weighted by molar-refractivity contribution is 0.209. The first kappa shape index (κ1) is 15.0. The van der Waals surface area contributed by atoms with Gasteiger partial charge in [0, 0.05) is 12.6 Å². The molecule has 0 spiro atoms. The molecule has 2 rings (SSSR count). The molecule has 0 saturated carbocycles. The van der Waals surface area contributed by atoms with E-state index in [0.29, 0.717) is 12.1 Å². The zero-order valence-corrected chi connectivity index (χ0v) is 12.0. The molecule has 4 heteroatoms. The van der Waals surface area contributed by atoms with Crippen LogP contribution in [-0.2, 0) is 6.54 Å².